The summed E-state index contributed by atoms with van der Waals surface area (Å²) in [6, 6.07) is 25.4. The lowest BCUT2D eigenvalue weighted by atomic mass is 9.97. The molecule has 1 heterocycles. The van der Waals surface area contributed by atoms with E-state index in [9.17, 15) is 46.5 Å². The summed E-state index contributed by atoms with van der Waals surface area (Å²) in [5.74, 6) is -2.47. The molecule has 0 bridgehead atoms. The molecule has 1 aliphatic heterocycles. The second kappa shape index (κ2) is 32.9. The van der Waals surface area contributed by atoms with Gasteiger partial charge >= 0.3 is 0 Å². The van der Waals surface area contributed by atoms with Gasteiger partial charge in [0.2, 0.25) is 35.4 Å². The molecule has 484 valence electrons. The van der Waals surface area contributed by atoms with Crippen LogP contribution in [0.5, 0.6) is 23.0 Å². The lowest BCUT2D eigenvalue weighted by Crippen LogP contribution is -2.50. The highest BCUT2D eigenvalue weighted by molar-refractivity contribution is 7.86. The number of rotatable bonds is 34. The highest BCUT2D eigenvalue weighted by Crippen LogP contribution is 2.39. The van der Waals surface area contributed by atoms with E-state index in [0.29, 0.717) is 42.0 Å². The maximum atomic E-state index is 14.0. The Hall–Kier alpha value is -8.41. The van der Waals surface area contributed by atoms with Gasteiger partial charge in [0.05, 0.1) is 19.5 Å². The predicted octanol–water partition coefficient (Wildman–Crippen LogP) is 9.19. The quantitative estimate of drug-likeness (QED) is 0.00626. The number of amides is 6. The van der Waals surface area contributed by atoms with Crippen LogP contribution in [0.2, 0.25) is 0 Å². The Morgan fingerprint density at radius 2 is 1.26 bits per heavy atom. The number of carbonyl (C=O) groups is 7. The van der Waals surface area contributed by atoms with E-state index < -0.39 is 68.2 Å². The lowest BCUT2D eigenvalue weighted by Gasteiger charge is -2.26. The average Bonchev–Trinajstić information content (AvgIpc) is 1.48. The Morgan fingerprint density at radius 1 is 0.711 bits per heavy atom. The molecular weight excluding hydrogens is 1190 g/mol. The van der Waals surface area contributed by atoms with Crippen LogP contribution in [-0.2, 0) is 64.9 Å². The van der Waals surface area contributed by atoms with Gasteiger partial charge < -0.3 is 50.8 Å². The number of benzene rings is 5. The maximum absolute atomic E-state index is 14.0. The summed E-state index contributed by atoms with van der Waals surface area (Å²) < 4.78 is 61.2. The normalized spacial score (nSPS) is 14.7. The second-order valence-electron chi connectivity index (χ2n) is 23.0. The van der Waals surface area contributed by atoms with Gasteiger partial charge in [0.25, 0.3) is 10.1 Å². The van der Waals surface area contributed by atoms with Gasteiger partial charge in [-0.25, -0.2) is 0 Å². The molecule has 0 radical (unpaired) electrons. The number of likely N-dealkylation sites (tertiary alicyclic amines) is 1. The van der Waals surface area contributed by atoms with Crippen LogP contribution < -0.4 is 50.8 Å². The number of ether oxygens (including phenoxy) is 4. The minimum Gasteiger partial charge on any atom is -0.493 e. The van der Waals surface area contributed by atoms with E-state index in [0.717, 1.165) is 39.3 Å². The van der Waals surface area contributed by atoms with E-state index in [1.165, 1.54) is 58.3 Å². The second-order valence-corrected chi connectivity index (χ2v) is 25.2. The molecule has 6 rings (SSSR count). The maximum Gasteiger partial charge on any atom is 0.286 e. The smallest absolute Gasteiger partial charge is 0.286 e. The fourth-order valence-corrected chi connectivity index (χ4v) is 11.6. The van der Waals surface area contributed by atoms with Crippen molar-refractivity contribution in [3.05, 3.63) is 142 Å². The summed E-state index contributed by atoms with van der Waals surface area (Å²) in [5.41, 5.74) is 8.25. The summed E-state index contributed by atoms with van der Waals surface area (Å²) in [4.78, 5) is 90.9. The predicted molar refractivity (Wildman–Crippen MR) is 351 cm³/mol. The van der Waals surface area contributed by atoms with Crippen LogP contribution in [0.15, 0.2) is 97.6 Å². The van der Waals surface area contributed by atoms with E-state index in [-0.39, 0.29) is 98.2 Å². The van der Waals surface area contributed by atoms with Gasteiger partial charge in [0, 0.05) is 79.2 Å². The van der Waals surface area contributed by atoms with E-state index >= 15 is 0 Å². The third-order valence-electron chi connectivity index (χ3n) is 15.4. The first-order valence-electron chi connectivity index (χ1n) is 29.9. The topological polar surface area (TPSA) is 286 Å². The molecule has 1 fully saturated rings. The Kier molecular flexibility index (Phi) is 25.8. The number of thiol groups is 1. The third-order valence-corrected chi connectivity index (χ3v) is 17.1. The molecule has 0 aliphatic carbocycles. The Labute approximate surface area is 533 Å². The van der Waals surface area contributed by atoms with Gasteiger partial charge in [-0.1, -0.05) is 69.0 Å². The first-order chi connectivity index (χ1) is 42.6. The molecule has 3 unspecified atom stereocenters. The van der Waals surface area contributed by atoms with Gasteiger partial charge in [-0.05, 0) is 148 Å². The molecule has 21 nitrogen and oxygen atoms in total. The summed E-state index contributed by atoms with van der Waals surface area (Å²) in [5, 5.41) is 15.1. The van der Waals surface area contributed by atoms with E-state index in [1.807, 2.05) is 62.4 Å². The number of unbranched alkanes of at least 4 members (excludes halogenated alkanes) is 1. The molecular formula is C67H85N7O14S2. The molecule has 5 aromatic carbocycles. The zero-order chi connectivity index (χ0) is 66.0. The monoisotopic (exact) mass is 1280 g/mol. The fraction of sp³-hybridized carbons (Fsp3) is 0.418. The minimum atomic E-state index is -4.75. The molecule has 6 amide bonds. The average molecular weight is 1280 g/mol. The van der Waals surface area contributed by atoms with Gasteiger partial charge in [0.15, 0.2) is 34.2 Å². The summed E-state index contributed by atoms with van der Waals surface area (Å²) in [6.45, 7) is 18.8. The minimum absolute atomic E-state index is 0.0172. The number of hydrogen-bond acceptors (Lipinski definition) is 16. The van der Waals surface area contributed by atoms with Crippen LogP contribution >= 0.6 is 12.6 Å². The number of hydrogen-bond donors (Lipinski definition) is 8. The van der Waals surface area contributed by atoms with E-state index in [4.69, 9.17) is 18.9 Å². The van der Waals surface area contributed by atoms with Crippen molar-refractivity contribution in [2.24, 2.45) is 11.8 Å². The molecule has 7 N–H and O–H groups in total. The van der Waals surface area contributed by atoms with Crippen LogP contribution in [-0.4, -0.2) is 116 Å². The highest BCUT2D eigenvalue weighted by atomic mass is 32.2. The van der Waals surface area contributed by atoms with Gasteiger partial charge in [0.1, 0.15) is 25.3 Å². The van der Waals surface area contributed by atoms with Gasteiger partial charge in [-0.15, -0.1) is 0 Å². The molecule has 0 aromatic heterocycles. The molecule has 1 aliphatic rings. The van der Waals surface area contributed by atoms with Crippen molar-refractivity contribution in [3.63, 3.8) is 0 Å². The standard InChI is InChI=1S/C67H85N7O14S2/c1-39(2)52-31-56(85-10)58(33-54(52)69-36-40(3)26-49-20-14-12-18-41(49)4)87-37-47-28-48(38-88-59-34-55(53(46(9)75)32-57(59)86-11)73-66(90(82,83)84)43(6)27-50-21-15-13-19-42(50)5)30-51(29-47)72-65(80)45(8)71-64(79)44(7)70-62(77)23-17-16-22-61(76)68-24-25-74-63(78)35-60(89)67(74)81/h12-15,18-21,28-34,40,43-45,60,66,69,73,89H,1,16-17,22-27,35-38H2,2-11H3,(H,68,76)(H,70,77)(H,71,79)(H,72,80)(H,82,83,84)/t40-,43?,44-,45-,60?,66?/m0/s1. The summed E-state index contributed by atoms with van der Waals surface area (Å²) >= 11 is 4.10. The third kappa shape index (κ3) is 20.3. The molecule has 0 saturated carbocycles. The van der Waals surface area contributed by atoms with Crippen molar-refractivity contribution in [2.75, 3.05) is 49.8 Å². The highest BCUT2D eigenvalue weighted by Gasteiger charge is 2.36. The van der Waals surface area contributed by atoms with Crippen molar-refractivity contribution < 1.29 is 65.5 Å². The number of carbonyl (C=O) groups excluding carboxylic acids is 7. The Morgan fingerprint density at radius 3 is 1.79 bits per heavy atom. The Balaban J connectivity index is 1.19. The van der Waals surface area contributed by atoms with Crippen molar-refractivity contribution >= 4 is 86.6 Å². The molecule has 6 atom stereocenters. The van der Waals surface area contributed by atoms with Crippen LogP contribution in [0.1, 0.15) is 123 Å². The molecule has 1 saturated heterocycles. The van der Waals surface area contributed by atoms with Crippen LogP contribution in [0.4, 0.5) is 17.1 Å². The van der Waals surface area contributed by atoms with Crippen LogP contribution in [0, 0.1) is 25.7 Å². The molecule has 5 aromatic rings. The largest absolute Gasteiger partial charge is 0.493 e. The number of ketones is 1. The van der Waals surface area contributed by atoms with Gasteiger partial charge in [-0.3, -0.25) is 43.0 Å². The fourth-order valence-electron chi connectivity index (χ4n) is 10.3. The molecule has 23 heteroatoms. The number of methoxy groups -OCH3 is 2. The number of nitrogens with one attached hydrogen (secondary N) is 6. The van der Waals surface area contributed by atoms with Crippen molar-refractivity contribution in [1.29, 1.82) is 0 Å². The van der Waals surface area contributed by atoms with Crippen LogP contribution in [0.3, 0.4) is 0 Å². The Bertz CT molecular complexity index is 3560. The first-order valence-corrected chi connectivity index (χ1v) is 31.9. The van der Waals surface area contributed by atoms with Crippen molar-refractivity contribution in [2.45, 2.75) is 136 Å². The first kappa shape index (κ1) is 70.7. The number of nitrogens with zero attached hydrogens (tertiary/aromatic N) is 1. The van der Waals surface area contributed by atoms with Gasteiger partial charge in [-0.2, -0.15) is 21.0 Å². The summed E-state index contributed by atoms with van der Waals surface area (Å²) in [7, 11) is -1.83. The SMILES string of the molecule is C=C(C)c1cc(OC)c(OCc2cc(COc3cc(NC(C(C)Cc4ccccc4C)S(=O)(=O)O)c(C(C)=O)cc3OC)cc(NC(=O)[C@H](C)NC(=O)[C@H](C)NC(=O)CCCCC(=O)NCCN3C(=O)CC(S)C3=O)c2)cc1NC[C@@H](C)Cc1ccccc1C. The number of aryl methyl sites for hydroxylation is 2. The molecule has 90 heavy (non-hydrogen) atoms. The number of anilines is 3. The zero-order valence-corrected chi connectivity index (χ0v) is 54.6. The van der Waals surface area contributed by atoms with Crippen molar-refractivity contribution in [3.8, 4) is 23.0 Å². The summed E-state index contributed by atoms with van der Waals surface area (Å²) in [6.07, 6.45) is 1.98. The van der Waals surface area contributed by atoms with Crippen molar-refractivity contribution in [1.82, 2.24) is 20.9 Å². The number of allylic oxidation sites excluding steroid dienone is 1. The lowest BCUT2D eigenvalue weighted by molar-refractivity contribution is -0.138. The number of Topliss-reactive ketones (excluding diaryl/α,β-unsaturated/α-hetero) is 1. The number of imide groups is 1. The molecule has 0 spiro atoms. The van der Waals surface area contributed by atoms with E-state index in [1.54, 1.807) is 25.1 Å². The van der Waals surface area contributed by atoms with Crippen LogP contribution in [0.25, 0.3) is 5.57 Å². The zero-order valence-electron chi connectivity index (χ0n) is 52.9. The van der Waals surface area contributed by atoms with E-state index in [2.05, 4.69) is 77.1 Å².